The molecule has 1 aliphatic heterocycles. The average Bonchev–Trinajstić information content (AvgIpc) is 3.56. The summed E-state index contributed by atoms with van der Waals surface area (Å²) in [4.78, 5) is 22.0. The van der Waals surface area contributed by atoms with Gasteiger partial charge in [-0.15, -0.1) is 10.2 Å². The molecular weight excluding hydrogens is 626 g/mol. The lowest BCUT2D eigenvalue weighted by atomic mass is 9.65. The highest BCUT2D eigenvalue weighted by atomic mass is 16.3. The SMILES string of the molecule is CCC1C(CNC(=O)c2cccc(NCc3nnc(-c4ccncn4)n3CCNC3CCCCC3O)c2)CCNC12CCCCCCCCC2. The molecule has 6 rings (SSSR count). The van der Waals surface area contributed by atoms with E-state index in [0.717, 1.165) is 63.1 Å². The summed E-state index contributed by atoms with van der Waals surface area (Å²) in [6, 6.07) is 9.68. The van der Waals surface area contributed by atoms with Gasteiger partial charge in [0.15, 0.2) is 11.6 Å². The monoisotopic (exact) mass is 685 g/mol. The topological polar surface area (TPSA) is 142 Å². The Labute approximate surface area is 298 Å². The number of aromatic nitrogens is 5. The molecule has 1 spiro atoms. The minimum Gasteiger partial charge on any atom is -0.392 e. The van der Waals surface area contributed by atoms with Crippen LogP contribution in [-0.4, -0.2) is 73.1 Å². The van der Waals surface area contributed by atoms with E-state index < -0.39 is 0 Å². The Balaban J connectivity index is 1.07. The van der Waals surface area contributed by atoms with E-state index in [4.69, 9.17) is 0 Å². The fourth-order valence-electron chi connectivity index (χ4n) is 9.00. The van der Waals surface area contributed by atoms with Crippen LogP contribution in [0, 0.1) is 11.8 Å². The van der Waals surface area contributed by atoms with Crippen molar-refractivity contribution in [2.24, 2.45) is 11.8 Å². The van der Waals surface area contributed by atoms with Crippen molar-refractivity contribution in [3.63, 3.8) is 0 Å². The molecule has 3 aliphatic rings. The van der Waals surface area contributed by atoms with E-state index in [1.165, 1.54) is 64.1 Å². The van der Waals surface area contributed by atoms with Gasteiger partial charge in [-0.2, -0.15) is 0 Å². The fourth-order valence-corrected chi connectivity index (χ4v) is 9.00. The van der Waals surface area contributed by atoms with Gasteiger partial charge in [0.05, 0.1) is 12.6 Å². The molecule has 2 aromatic heterocycles. The number of benzene rings is 1. The molecule has 3 fully saturated rings. The van der Waals surface area contributed by atoms with Gasteiger partial charge in [-0.25, -0.2) is 9.97 Å². The summed E-state index contributed by atoms with van der Waals surface area (Å²) in [7, 11) is 0. The van der Waals surface area contributed by atoms with Crippen LogP contribution in [0.4, 0.5) is 5.69 Å². The zero-order valence-corrected chi connectivity index (χ0v) is 30.1. The van der Waals surface area contributed by atoms with Crippen molar-refractivity contribution >= 4 is 11.6 Å². The maximum absolute atomic E-state index is 13.5. The van der Waals surface area contributed by atoms with Crippen molar-refractivity contribution in [2.45, 2.75) is 134 Å². The number of nitrogens with one attached hydrogen (secondary N) is 4. The first-order valence-electron chi connectivity index (χ1n) is 19.5. The molecule has 3 aromatic rings. The van der Waals surface area contributed by atoms with Gasteiger partial charge in [-0.05, 0) is 74.8 Å². The summed E-state index contributed by atoms with van der Waals surface area (Å²) in [6.07, 6.45) is 21.2. The molecule has 1 aromatic carbocycles. The van der Waals surface area contributed by atoms with Gasteiger partial charge in [0.25, 0.3) is 5.91 Å². The van der Waals surface area contributed by atoms with Gasteiger partial charge in [0.1, 0.15) is 12.0 Å². The van der Waals surface area contributed by atoms with Crippen LogP contribution in [0.5, 0.6) is 0 Å². The van der Waals surface area contributed by atoms with E-state index in [1.54, 1.807) is 6.20 Å². The van der Waals surface area contributed by atoms with E-state index in [9.17, 15) is 9.90 Å². The second-order valence-electron chi connectivity index (χ2n) is 14.9. The van der Waals surface area contributed by atoms with E-state index in [0.29, 0.717) is 48.6 Å². The molecule has 1 saturated heterocycles. The number of aliphatic hydroxyl groups excluding tert-OH is 1. The third kappa shape index (κ3) is 9.27. The third-order valence-corrected chi connectivity index (χ3v) is 11.7. The van der Waals surface area contributed by atoms with Crippen LogP contribution < -0.4 is 21.3 Å². The van der Waals surface area contributed by atoms with Crippen LogP contribution >= 0.6 is 0 Å². The summed E-state index contributed by atoms with van der Waals surface area (Å²) in [5.41, 5.74) is 2.43. The highest BCUT2D eigenvalue weighted by Crippen LogP contribution is 2.41. The summed E-state index contributed by atoms with van der Waals surface area (Å²) < 4.78 is 2.07. The van der Waals surface area contributed by atoms with Crippen molar-refractivity contribution in [2.75, 3.05) is 25.0 Å². The van der Waals surface area contributed by atoms with Crippen LogP contribution in [0.1, 0.15) is 119 Å². The summed E-state index contributed by atoms with van der Waals surface area (Å²) in [6.45, 7) is 5.85. The second-order valence-corrected chi connectivity index (χ2v) is 14.9. The number of hydrogen-bond donors (Lipinski definition) is 5. The Bertz CT molecular complexity index is 1470. The fraction of sp³-hybridized carbons (Fsp3) is 0.667. The first-order valence-corrected chi connectivity index (χ1v) is 19.5. The molecule has 50 heavy (non-hydrogen) atoms. The molecule has 4 unspecified atom stereocenters. The standard InChI is InChI=1S/C39H59N9O2/c1-2-32-30(17-22-45-39(32)19-10-6-4-3-5-7-11-20-39)26-43-38(50)29-13-12-14-31(25-29)42-27-36-46-47-37(34-18-21-40-28-44-34)48(36)24-23-41-33-15-8-9-16-35(33)49/h12-14,18,21,25,28,30,32-33,35,41-42,45,49H,2-11,15-17,19-20,22-24,26-27H2,1H3,(H,43,50). The first kappa shape index (κ1) is 36.4. The van der Waals surface area contributed by atoms with Crippen molar-refractivity contribution in [3.05, 3.63) is 54.2 Å². The largest absolute Gasteiger partial charge is 0.392 e. The normalized spacial score (nSPS) is 24.4. The summed E-state index contributed by atoms with van der Waals surface area (Å²) in [5.74, 6) is 2.49. The van der Waals surface area contributed by atoms with Gasteiger partial charge >= 0.3 is 0 Å². The van der Waals surface area contributed by atoms with E-state index >= 15 is 0 Å². The highest BCUT2D eigenvalue weighted by Gasteiger charge is 2.43. The number of amides is 1. The van der Waals surface area contributed by atoms with Crippen LogP contribution in [0.2, 0.25) is 0 Å². The molecule has 5 N–H and O–H groups in total. The summed E-state index contributed by atoms with van der Waals surface area (Å²) >= 11 is 0. The Morgan fingerprint density at radius 1 is 1.00 bits per heavy atom. The van der Waals surface area contributed by atoms with E-state index in [1.807, 2.05) is 30.3 Å². The number of piperidine rings is 1. The van der Waals surface area contributed by atoms with Gasteiger partial charge < -0.3 is 30.9 Å². The smallest absolute Gasteiger partial charge is 0.251 e. The van der Waals surface area contributed by atoms with Gasteiger partial charge in [-0.1, -0.05) is 77.2 Å². The number of nitrogens with zero attached hydrogens (tertiary/aromatic N) is 5. The molecule has 272 valence electrons. The molecule has 3 heterocycles. The molecular formula is C39H59N9O2. The zero-order valence-electron chi connectivity index (χ0n) is 30.1. The highest BCUT2D eigenvalue weighted by molar-refractivity contribution is 5.95. The number of hydrogen-bond acceptors (Lipinski definition) is 9. The Hall–Kier alpha value is -3.41. The van der Waals surface area contributed by atoms with E-state index in [-0.39, 0.29) is 23.6 Å². The second kappa shape index (κ2) is 18.2. The average molecular weight is 686 g/mol. The van der Waals surface area contributed by atoms with Gasteiger partial charge in [0, 0.05) is 48.7 Å². The van der Waals surface area contributed by atoms with Crippen LogP contribution in [-0.2, 0) is 13.1 Å². The number of carbonyl (C=O) groups excluding carboxylic acids is 1. The van der Waals surface area contributed by atoms with E-state index in [2.05, 4.69) is 52.9 Å². The molecule has 11 heteroatoms. The first-order chi connectivity index (χ1) is 24.6. The zero-order chi connectivity index (χ0) is 34.6. The lowest BCUT2D eigenvalue weighted by Crippen LogP contribution is -2.59. The number of carbonyl (C=O) groups is 1. The van der Waals surface area contributed by atoms with Gasteiger partial charge in [0.2, 0.25) is 0 Å². The molecule has 0 radical (unpaired) electrons. The van der Waals surface area contributed by atoms with Crippen LogP contribution in [0.15, 0.2) is 42.9 Å². The van der Waals surface area contributed by atoms with Crippen molar-refractivity contribution < 1.29 is 9.90 Å². The van der Waals surface area contributed by atoms with Crippen molar-refractivity contribution in [1.29, 1.82) is 0 Å². The minimum atomic E-state index is -0.304. The quantitative estimate of drug-likeness (QED) is 0.158. The Morgan fingerprint density at radius 3 is 2.56 bits per heavy atom. The molecule has 4 atom stereocenters. The number of rotatable bonds is 12. The molecule has 2 aliphatic carbocycles. The van der Waals surface area contributed by atoms with Crippen LogP contribution in [0.3, 0.4) is 0 Å². The van der Waals surface area contributed by atoms with Crippen molar-refractivity contribution in [1.82, 2.24) is 40.7 Å². The lowest BCUT2D eigenvalue weighted by molar-refractivity contribution is 0.0638. The van der Waals surface area contributed by atoms with Crippen molar-refractivity contribution in [3.8, 4) is 11.5 Å². The predicted octanol–water partition coefficient (Wildman–Crippen LogP) is 5.87. The maximum atomic E-state index is 13.5. The molecule has 2 saturated carbocycles. The third-order valence-electron chi connectivity index (χ3n) is 11.7. The molecule has 1 amide bonds. The minimum absolute atomic E-state index is 0.0211. The maximum Gasteiger partial charge on any atom is 0.251 e. The summed E-state index contributed by atoms with van der Waals surface area (Å²) in [5, 5.41) is 33.9. The van der Waals surface area contributed by atoms with Gasteiger partial charge in [-0.3, -0.25) is 4.79 Å². The lowest BCUT2D eigenvalue weighted by Gasteiger charge is -2.50. The Morgan fingerprint density at radius 2 is 1.80 bits per heavy atom. The molecule has 11 nitrogen and oxygen atoms in total. The predicted molar refractivity (Wildman–Crippen MR) is 198 cm³/mol. The van der Waals surface area contributed by atoms with Crippen LogP contribution in [0.25, 0.3) is 11.5 Å². The number of anilines is 1. The molecule has 0 bridgehead atoms. The number of aliphatic hydroxyl groups is 1. The Kier molecular flexibility index (Phi) is 13.2.